The van der Waals surface area contributed by atoms with E-state index in [1.165, 1.54) is 32.1 Å². The van der Waals surface area contributed by atoms with Crippen molar-refractivity contribution in [3.63, 3.8) is 0 Å². The van der Waals surface area contributed by atoms with Crippen LogP contribution in [0.2, 0.25) is 0 Å². The monoisotopic (exact) mass is 235 g/mol. The van der Waals surface area contributed by atoms with Gasteiger partial charge in [-0.15, -0.1) is 0 Å². The molecule has 0 amide bonds. The molecule has 0 radical (unpaired) electrons. The highest BCUT2D eigenvalue weighted by atomic mass is 15.2. The molecular formula is C14H25N3. The Morgan fingerprint density at radius 1 is 1.35 bits per heavy atom. The molecule has 2 rings (SSSR count). The molecule has 96 valence electrons. The van der Waals surface area contributed by atoms with Crippen LogP contribution in [0.25, 0.3) is 0 Å². The molecule has 2 unspecified atom stereocenters. The Morgan fingerprint density at radius 3 is 2.94 bits per heavy atom. The minimum absolute atomic E-state index is 0.663. The van der Waals surface area contributed by atoms with Crippen LogP contribution in [-0.2, 0) is 0 Å². The van der Waals surface area contributed by atoms with Gasteiger partial charge in [0.1, 0.15) is 0 Å². The van der Waals surface area contributed by atoms with E-state index < -0.39 is 0 Å². The Bertz CT molecular complexity index is 332. The zero-order valence-corrected chi connectivity index (χ0v) is 11.2. The molecule has 0 spiro atoms. The molecule has 1 fully saturated rings. The van der Waals surface area contributed by atoms with Crippen molar-refractivity contribution in [2.75, 3.05) is 11.9 Å². The van der Waals surface area contributed by atoms with Gasteiger partial charge in [0.15, 0.2) is 0 Å². The average Bonchev–Trinajstić information content (AvgIpc) is 2.84. The summed E-state index contributed by atoms with van der Waals surface area (Å²) < 4.78 is 2.38. The first-order valence-electron chi connectivity index (χ1n) is 7.13. The second-order valence-corrected chi connectivity index (χ2v) is 5.11. The molecule has 3 nitrogen and oxygen atoms in total. The summed E-state index contributed by atoms with van der Waals surface area (Å²) in [4.78, 5) is 4.45. The zero-order chi connectivity index (χ0) is 12.1. The molecule has 1 aromatic rings. The molecule has 1 saturated carbocycles. The van der Waals surface area contributed by atoms with Gasteiger partial charge in [-0.2, -0.15) is 0 Å². The number of hydrogen-bond acceptors (Lipinski definition) is 2. The third-order valence-corrected chi connectivity index (χ3v) is 3.95. The van der Waals surface area contributed by atoms with Crippen LogP contribution < -0.4 is 5.32 Å². The van der Waals surface area contributed by atoms with Gasteiger partial charge in [0.25, 0.3) is 0 Å². The Hall–Kier alpha value is -0.990. The van der Waals surface area contributed by atoms with Gasteiger partial charge >= 0.3 is 0 Å². The van der Waals surface area contributed by atoms with Crippen molar-refractivity contribution < 1.29 is 0 Å². The van der Waals surface area contributed by atoms with Gasteiger partial charge in [0.2, 0.25) is 5.95 Å². The van der Waals surface area contributed by atoms with Gasteiger partial charge in [-0.05, 0) is 25.2 Å². The number of anilines is 1. The number of aromatic nitrogens is 2. The van der Waals surface area contributed by atoms with Crippen molar-refractivity contribution in [3.8, 4) is 0 Å². The fraction of sp³-hybridized carbons (Fsp3) is 0.786. The van der Waals surface area contributed by atoms with Gasteiger partial charge in [-0.3, -0.25) is 0 Å². The van der Waals surface area contributed by atoms with Crippen LogP contribution in [0.3, 0.4) is 0 Å². The van der Waals surface area contributed by atoms with E-state index in [4.69, 9.17) is 0 Å². The van der Waals surface area contributed by atoms with Gasteiger partial charge in [0.05, 0.1) is 0 Å². The van der Waals surface area contributed by atoms with Crippen molar-refractivity contribution in [3.05, 3.63) is 12.4 Å². The maximum Gasteiger partial charge on any atom is 0.203 e. The van der Waals surface area contributed by atoms with Gasteiger partial charge in [-0.1, -0.05) is 33.1 Å². The summed E-state index contributed by atoms with van der Waals surface area (Å²) in [5, 5.41) is 3.44. The molecule has 1 N–H and O–H groups in total. The summed E-state index contributed by atoms with van der Waals surface area (Å²) in [5.74, 6) is 1.90. The largest absolute Gasteiger partial charge is 0.356 e. The first kappa shape index (κ1) is 12.5. The zero-order valence-electron chi connectivity index (χ0n) is 11.2. The highest BCUT2D eigenvalue weighted by Crippen LogP contribution is 2.37. The highest BCUT2D eigenvalue weighted by Gasteiger charge is 2.26. The first-order valence-corrected chi connectivity index (χ1v) is 7.13. The fourth-order valence-corrected chi connectivity index (χ4v) is 2.98. The third kappa shape index (κ3) is 2.82. The molecule has 3 heteroatoms. The molecule has 17 heavy (non-hydrogen) atoms. The van der Waals surface area contributed by atoms with Crippen LogP contribution >= 0.6 is 0 Å². The van der Waals surface area contributed by atoms with E-state index >= 15 is 0 Å². The van der Waals surface area contributed by atoms with Gasteiger partial charge in [-0.25, -0.2) is 4.98 Å². The Kier molecular flexibility index (Phi) is 4.46. The van der Waals surface area contributed by atoms with E-state index in [0.717, 1.165) is 24.8 Å². The number of rotatable bonds is 5. The van der Waals surface area contributed by atoms with E-state index in [-0.39, 0.29) is 0 Å². The molecule has 2 atom stereocenters. The minimum Gasteiger partial charge on any atom is -0.356 e. The van der Waals surface area contributed by atoms with Crippen LogP contribution in [0.4, 0.5) is 5.95 Å². The lowest BCUT2D eigenvalue weighted by molar-refractivity contribution is 0.234. The van der Waals surface area contributed by atoms with Crippen LogP contribution in [-0.4, -0.2) is 16.1 Å². The maximum absolute atomic E-state index is 4.45. The quantitative estimate of drug-likeness (QED) is 0.840. The SMILES string of the molecule is CCCNc1nccn1C1CCCCC1CC. The van der Waals surface area contributed by atoms with Crippen molar-refractivity contribution >= 4 is 5.95 Å². The fourth-order valence-electron chi connectivity index (χ4n) is 2.98. The number of hydrogen-bond donors (Lipinski definition) is 1. The second kappa shape index (κ2) is 6.08. The highest BCUT2D eigenvalue weighted by molar-refractivity contribution is 5.26. The van der Waals surface area contributed by atoms with E-state index in [0.29, 0.717) is 6.04 Å². The van der Waals surface area contributed by atoms with Crippen LogP contribution in [0.5, 0.6) is 0 Å². The minimum atomic E-state index is 0.663. The topological polar surface area (TPSA) is 29.9 Å². The van der Waals surface area contributed by atoms with Crippen molar-refractivity contribution in [1.82, 2.24) is 9.55 Å². The molecule has 0 saturated heterocycles. The number of nitrogens with one attached hydrogen (secondary N) is 1. The predicted molar refractivity (Wildman–Crippen MR) is 72.3 cm³/mol. The Morgan fingerprint density at radius 2 is 2.18 bits per heavy atom. The van der Waals surface area contributed by atoms with Crippen LogP contribution in [0.15, 0.2) is 12.4 Å². The lowest BCUT2D eigenvalue weighted by Gasteiger charge is -2.32. The summed E-state index contributed by atoms with van der Waals surface area (Å²) in [6.45, 7) is 5.52. The van der Waals surface area contributed by atoms with E-state index in [1.54, 1.807) is 0 Å². The molecule has 0 bridgehead atoms. The van der Waals surface area contributed by atoms with Gasteiger partial charge < -0.3 is 9.88 Å². The summed E-state index contributed by atoms with van der Waals surface area (Å²) in [7, 11) is 0. The lowest BCUT2D eigenvalue weighted by Crippen LogP contribution is -2.24. The van der Waals surface area contributed by atoms with E-state index in [2.05, 4.69) is 34.9 Å². The molecule has 1 heterocycles. The molecular weight excluding hydrogens is 210 g/mol. The van der Waals surface area contributed by atoms with E-state index in [9.17, 15) is 0 Å². The summed E-state index contributed by atoms with van der Waals surface area (Å²) >= 11 is 0. The predicted octanol–water partition coefficient (Wildman–Crippen LogP) is 3.85. The van der Waals surface area contributed by atoms with Gasteiger partial charge in [0, 0.05) is 25.0 Å². The summed E-state index contributed by atoms with van der Waals surface area (Å²) in [6, 6.07) is 0.663. The summed E-state index contributed by atoms with van der Waals surface area (Å²) in [5.41, 5.74) is 0. The van der Waals surface area contributed by atoms with E-state index in [1.807, 2.05) is 6.20 Å². The van der Waals surface area contributed by atoms with Crippen molar-refractivity contribution in [2.45, 2.75) is 58.4 Å². The summed E-state index contributed by atoms with van der Waals surface area (Å²) in [6.07, 6.45) is 12.0. The molecule has 0 aliphatic heterocycles. The molecule has 1 aliphatic carbocycles. The Labute approximate surface area is 105 Å². The standard InChI is InChI=1S/C14H25N3/c1-3-9-15-14-16-10-11-17(14)13-8-6-5-7-12(13)4-2/h10-13H,3-9H2,1-2H3,(H,15,16). The molecule has 1 aliphatic rings. The van der Waals surface area contributed by atoms with Crippen LogP contribution in [0.1, 0.15) is 58.4 Å². The Balaban J connectivity index is 2.11. The first-order chi connectivity index (χ1) is 8.36. The molecule has 1 aromatic heterocycles. The maximum atomic E-state index is 4.45. The number of imidazole rings is 1. The normalized spacial score (nSPS) is 24.8. The molecule has 0 aromatic carbocycles. The average molecular weight is 235 g/mol. The smallest absolute Gasteiger partial charge is 0.203 e. The number of nitrogens with zero attached hydrogens (tertiary/aromatic N) is 2. The third-order valence-electron chi connectivity index (χ3n) is 3.95. The van der Waals surface area contributed by atoms with Crippen LogP contribution in [0, 0.1) is 5.92 Å². The van der Waals surface area contributed by atoms with Crippen molar-refractivity contribution in [2.24, 2.45) is 5.92 Å². The van der Waals surface area contributed by atoms with Crippen molar-refractivity contribution in [1.29, 1.82) is 0 Å². The second-order valence-electron chi connectivity index (χ2n) is 5.11. The lowest BCUT2D eigenvalue weighted by atomic mass is 9.83.